The lowest BCUT2D eigenvalue weighted by Gasteiger charge is -2.33. The van der Waals surface area contributed by atoms with Gasteiger partial charge in [0.15, 0.2) is 0 Å². The molecule has 1 heterocycles. The van der Waals surface area contributed by atoms with Crippen molar-refractivity contribution in [1.29, 1.82) is 0 Å². The predicted octanol–water partition coefficient (Wildman–Crippen LogP) is 3.30. The van der Waals surface area contributed by atoms with E-state index < -0.39 is 10.0 Å². The van der Waals surface area contributed by atoms with Gasteiger partial charge in [-0.1, -0.05) is 30.3 Å². The van der Waals surface area contributed by atoms with Crippen LogP contribution in [0.2, 0.25) is 0 Å². The summed E-state index contributed by atoms with van der Waals surface area (Å²) in [6.45, 7) is 0.532. The summed E-state index contributed by atoms with van der Waals surface area (Å²) >= 11 is 0. The predicted molar refractivity (Wildman–Crippen MR) is 121 cm³/mol. The number of amides is 1. The highest BCUT2D eigenvalue weighted by atomic mass is 32.2. The van der Waals surface area contributed by atoms with Crippen molar-refractivity contribution >= 4 is 15.9 Å². The van der Waals surface area contributed by atoms with Gasteiger partial charge in [0.1, 0.15) is 16.4 Å². The summed E-state index contributed by atoms with van der Waals surface area (Å²) in [7, 11) is -3.82. The van der Waals surface area contributed by atoms with Crippen molar-refractivity contribution in [2.24, 2.45) is 5.92 Å². The quantitative estimate of drug-likeness (QED) is 0.693. The molecule has 32 heavy (non-hydrogen) atoms. The van der Waals surface area contributed by atoms with Gasteiger partial charge in [0.2, 0.25) is 15.9 Å². The third-order valence-corrected chi connectivity index (χ3v) is 8.14. The molecule has 1 amide bonds. The third kappa shape index (κ3) is 5.31. The van der Waals surface area contributed by atoms with Gasteiger partial charge in [-0.2, -0.15) is 4.31 Å². The number of aliphatic hydroxyl groups is 1. The molecule has 0 bridgehead atoms. The second-order valence-electron chi connectivity index (χ2n) is 8.58. The van der Waals surface area contributed by atoms with E-state index in [1.807, 2.05) is 18.2 Å². The molecule has 1 aliphatic heterocycles. The Morgan fingerprint density at radius 1 is 0.969 bits per heavy atom. The van der Waals surface area contributed by atoms with E-state index in [1.165, 1.54) is 4.31 Å². The number of hydrogen-bond donors (Lipinski definition) is 2. The van der Waals surface area contributed by atoms with Crippen LogP contribution in [0, 0.1) is 5.92 Å². The van der Waals surface area contributed by atoms with Gasteiger partial charge in [-0.15, -0.1) is 0 Å². The van der Waals surface area contributed by atoms with Gasteiger partial charge in [-0.25, -0.2) is 8.42 Å². The van der Waals surface area contributed by atoms with Crippen molar-refractivity contribution < 1.29 is 23.1 Å². The average Bonchev–Trinajstić information content (AvgIpc) is 2.81. The summed E-state index contributed by atoms with van der Waals surface area (Å²) in [5, 5.41) is 12.7. The molecular weight excluding hydrogens is 428 g/mol. The molecule has 1 aliphatic carbocycles. The Labute approximate surface area is 189 Å². The van der Waals surface area contributed by atoms with Crippen LogP contribution in [0.25, 0.3) is 0 Å². The first-order valence-electron chi connectivity index (χ1n) is 11.2. The van der Waals surface area contributed by atoms with Gasteiger partial charge in [0.25, 0.3) is 0 Å². The van der Waals surface area contributed by atoms with E-state index >= 15 is 0 Å². The average molecular weight is 459 g/mol. The van der Waals surface area contributed by atoms with Crippen molar-refractivity contribution in [2.75, 3.05) is 13.1 Å². The highest BCUT2D eigenvalue weighted by Crippen LogP contribution is 2.32. The topological polar surface area (TPSA) is 95.9 Å². The maximum atomic E-state index is 13.5. The van der Waals surface area contributed by atoms with Crippen LogP contribution in [0.1, 0.15) is 38.5 Å². The number of aliphatic hydroxyl groups excluding tert-OH is 1. The number of benzene rings is 2. The number of piperidine rings is 1. The molecule has 2 aromatic rings. The van der Waals surface area contributed by atoms with Crippen LogP contribution in [-0.2, 0) is 14.8 Å². The number of rotatable bonds is 6. The maximum absolute atomic E-state index is 13.5. The molecule has 2 fully saturated rings. The van der Waals surface area contributed by atoms with E-state index in [0.29, 0.717) is 38.0 Å². The SMILES string of the molecule is O=C(NC1CCC(O)CC1)[C@H]1CCCN(S(=O)(=O)c2ccccc2Oc2ccccc2)C1. The Morgan fingerprint density at radius 3 is 2.41 bits per heavy atom. The van der Waals surface area contributed by atoms with Crippen LogP contribution in [0.3, 0.4) is 0 Å². The second-order valence-corrected chi connectivity index (χ2v) is 10.5. The molecule has 2 N–H and O–H groups in total. The monoisotopic (exact) mass is 458 g/mol. The molecule has 4 rings (SSSR count). The molecular formula is C24H30N2O5S. The van der Waals surface area contributed by atoms with Gasteiger partial charge in [-0.05, 0) is 62.8 Å². The summed E-state index contributed by atoms with van der Waals surface area (Å²) < 4.78 is 34.2. The Hall–Kier alpha value is -2.42. The maximum Gasteiger partial charge on any atom is 0.246 e. The van der Waals surface area contributed by atoms with E-state index in [2.05, 4.69) is 5.32 Å². The van der Waals surface area contributed by atoms with Crippen molar-refractivity contribution in [3.63, 3.8) is 0 Å². The molecule has 172 valence electrons. The van der Waals surface area contributed by atoms with Crippen molar-refractivity contribution in [3.8, 4) is 11.5 Å². The van der Waals surface area contributed by atoms with Crippen LogP contribution in [0.15, 0.2) is 59.5 Å². The molecule has 7 nitrogen and oxygen atoms in total. The third-order valence-electron chi connectivity index (χ3n) is 6.24. The summed E-state index contributed by atoms with van der Waals surface area (Å²) in [5.41, 5.74) is 0. The van der Waals surface area contributed by atoms with Crippen molar-refractivity contribution in [2.45, 2.75) is 55.6 Å². The number of ether oxygens (including phenoxy) is 1. The number of carbonyl (C=O) groups excluding carboxylic acids is 1. The van der Waals surface area contributed by atoms with Gasteiger partial charge in [0.05, 0.1) is 12.0 Å². The summed E-state index contributed by atoms with van der Waals surface area (Å²) in [4.78, 5) is 12.9. The molecule has 0 unspecified atom stereocenters. The number of para-hydroxylation sites is 2. The molecule has 0 aromatic heterocycles. The number of nitrogens with one attached hydrogen (secondary N) is 1. The lowest BCUT2D eigenvalue weighted by atomic mass is 9.92. The summed E-state index contributed by atoms with van der Waals surface area (Å²) in [6.07, 6.45) is 3.90. The number of carbonyl (C=O) groups is 1. The second kappa shape index (κ2) is 10.0. The van der Waals surface area contributed by atoms with Crippen LogP contribution in [-0.4, -0.2) is 49.0 Å². The van der Waals surface area contributed by atoms with Gasteiger partial charge in [0, 0.05) is 19.1 Å². The minimum atomic E-state index is -3.82. The van der Waals surface area contributed by atoms with E-state index in [-0.39, 0.29) is 41.2 Å². The zero-order valence-corrected chi connectivity index (χ0v) is 18.8. The largest absolute Gasteiger partial charge is 0.456 e. The lowest BCUT2D eigenvalue weighted by molar-refractivity contribution is -0.127. The van der Waals surface area contributed by atoms with Crippen molar-refractivity contribution in [3.05, 3.63) is 54.6 Å². The molecule has 1 saturated carbocycles. The number of nitrogens with zero attached hydrogens (tertiary/aromatic N) is 1. The zero-order valence-electron chi connectivity index (χ0n) is 18.0. The van der Waals surface area contributed by atoms with Crippen molar-refractivity contribution in [1.82, 2.24) is 9.62 Å². The van der Waals surface area contributed by atoms with E-state index in [0.717, 1.165) is 12.8 Å². The summed E-state index contributed by atoms with van der Waals surface area (Å²) in [5.74, 6) is 0.349. The highest BCUT2D eigenvalue weighted by Gasteiger charge is 2.35. The fraction of sp³-hybridized carbons (Fsp3) is 0.458. The summed E-state index contributed by atoms with van der Waals surface area (Å²) in [6, 6.07) is 15.7. The molecule has 0 radical (unpaired) electrons. The molecule has 0 spiro atoms. The number of sulfonamides is 1. The fourth-order valence-electron chi connectivity index (χ4n) is 4.42. The van der Waals surface area contributed by atoms with Gasteiger partial charge < -0.3 is 15.2 Å². The van der Waals surface area contributed by atoms with Crippen LogP contribution >= 0.6 is 0 Å². The van der Waals surface area contributed by atoms with Crippen LogP contribution in [0.5, 0.6) is 11.5 Å². The lowest BCUT2D eigenvalue weighted by Crippen LogP contribution is -2.48. The first kappa shape index (κ1) is 22.8. The van der Waals surface area contributed by atoms with Crippen LogP contribution < -0.4 is 10.1 Å². The zero-order chi connectivity index (χ0) is 22.6. The van der Waals surface area contributed by atoms with E-state index in [9.17, 15) is 18.3 Å². The van der Waals surface area contributed by atoms with Gasteiger partial charge >= 0.3 is 0 Å². The first-order chi connectivity index (χ1) is 15.4. The number of hydrogen-bond acceptors (Lipinski definition) is 5. The van der Waals surface area contributed by atoms with E-state index in [1.54, 1.807) is 36.4 Å². The van der Waals surface area contributed by atoms with Gasteiger partial charge in [-0.3, -0.25) is 4.79 Å². The standard InChI is InChI=1S/C24H30N2O5S/c27-20-14-12-19(13-15-20)25-24(28)18-7-6-16-26(17-18)32(29,30)23-11-5-4-10-22(23)31-21-8-2-1-3-9-21/h1-5,8-11,18-20,27H,6-7,12-17H2,(H,25,28)/t18-,19?,20?/m0/s1. The minimum Gasteiger partial charge on any atom is -0.456 e. The molecule has 2 aromatic carbocycles. The molecule has 1 atom stereocenters. The smallest absolute Gasteiger partial charge is 0.246 e. The normalized spacial score (nSPS) is 24.6. The molecule has 8 heteroatoms. The van der Waals surface area contributed by atoms with Crippen LogP contribution in [0.4, 0.5) is 0 Å². The molecule has 1 saturated heterocycles. The Kier molecular flexibility index (Phi) is 7.13. The van der Waals surface area contributed by atoms with E-state index in [4.69, 9.17) is 4.74 Å². The minimum absolute atomic E-state index is 0.0536. The Morgan fingerprint density at radius 2 is 1.66 bits per heavy atom. The highest BCUT2D eigenvalue weighted by molar-refractivity contribution is 7.89. The fourth-order valence-corrected chi connectivity index (χ4v) is 6.05. The first-order valence-corrected chi connectivity index (χ1v) is 12.7. The Bertz CT molecular complexity index is 1020. The Balaban J connectivity index is 1.46. The molecule has 2 aliphatic rings.